The highest BCUT2D eigenvalue weighted by Gasteiger charge is 2.41. The van der Waals surface area contributed by atoms with E-state index in [1.54, 1.807) is 13.8 Å². The Hall–Kier alpha value is -1.44. The van der Waals surface area contributed by atoms with E-state index in [0.29, 0.717) is 17.9 Å². The van der Waals surface area contributed by atoms with Crippen LogP contribution in [-0.4, -0.2) is 38.8 Å². The van der Waals surface area contributed by atoms with Crippen LogP contribution in [0, 0.1) is 6.92 Å². The van der Waals surface area contributed by atoms with E-state index in [4.69, 9.17) is 18.4 Å². The van der Waals surface area contributed by atoms with Crippen LogP contribution in [0.2, 0.25) is 18.1 Å². The lowest BCUT2D eigenvalue weighted by Crippen LogP contribution is -2.45. The first kappa shape index (κ1) is 23.6. The van der Waals surface area contributed by atoms with Crippen LogP contribution in [0.3, 0.4) is 0 Å². The molecule has 1 aromatic rings. The Kier molecular flexibility index (Phi) is 8.01. The highest BCUT2D eigenvalue weighted by atomic mass is 28.4. The number of carbonyl (C=O) groups is 1. The van der Waals surface area contributed by atoms with Crippen molar-refractivity contribution in [3.8, 4) is 0 Å². The number of rotatable bonds is 9. The zero-order valence-electron chi connectivity index (χ0n) is 18.3. The monoisotopic (exact) mass is 397 g/mol. The lowest BCUT2D eigenvalue weighted by atomic mass is 10.1. The predicted octanol–water partition coefficient (Wildman–Crippen LogP) is 5.20. The molecular weight excluding hydrogens is 362 g/mol. The summed E-state index contributed by atoms with van der Waals surface area (Å²) in [7, 11) is -2.02. The lowest BCUT2D eigenvalue weighted by Gasteiger charge is -2.40. The van der Waals surface area contributed by atoms with Crippen LogP contribution >= 0.6 is 0 Å². The van der Waals surface area contributed by atoms with Gasteiger partial charge < -0.3 is 18.4 Å². The molecule has 0 fully saturated rings. The Morgan fingerprint density at radius 2 is 1.93 bits per heavy atom. The zero-order valence-corrected chi connectivity index (χ0v) is 19.3. The van der Waals surface area contributed by atoms with Crippen molar-refractivity contribution in [2.75, 3.05) is 13.2 Å². The van der Waals surface area contributed by atoms with Crippen molar-refractivity contribution in [3.05, 3.63) is 29.2 Å². The molecule has 1 aromatic heterocycles. The minimum absolute atomic E-state index is 0.0622. The van der Waals surface area contributed by atoms with Crippen LogP contribution in [0.1, 0.15) is 69.5 Å². The molecule has 0 saturated heterocycles. The fraction of sp³-hybridized carbons (Fsp3) is 0.700. The summed E-state index contributed by atoms with van der Waals surface area (Å²) >= 11 is 0. The molecule has 0 aliphatic carbocycles. The highest BCUT2D eigenvalue weighted by molar-refractivity contribution is 6.74. The summed E-state index contributed by atoms with van der Waals surface area (Å²) in [6, 6.07) is 0. The number of ether oxygens (including phenoxy) is 2. The van der Waals surface area contributed by atoms with Gasteiger partial charge in [0.15, 0.2) is 19.8 Å². The number of nitrogens with zero attached hydrogens (tertiary/aromatic N) is 1. The largest absolute Gasteiger partial charge is 0.461 e. The average molecular weight is 398 g/mol. The van der Waals surface area contributed by atoms with Crippen molar-refractivity contribution in [1.29, 1.82) is 0 Å². The molecule has 0 aromatic carbocycles. The third kappa shape index (κ3) is 6.02. The number of hydrogen-bond donors (Lipinski definition) is 0. The van der Waals surface area contributed by atoms with Crippen LogP contribution in [0.4, 0.5) is 0 Å². The molecule has 2 atom stereocenters. The molecule has 0 amide bonds. The molecule has 154 valence electrons. The summed E-state index contributed by atoms with van der Waals surface area (Å²) in [6.07, 6.45) is -0.765. The van der Waals surface area contributed by atoms with Crippen LogP contribution in [0.15, 0.2) is 16.7 Å². The van der Waals surface area contributed by atoms with Gasteiger partial charge in [-0.1, -0.05) is 38.1 Å². The Balaban J connectivity index is 3.18. The topological polar surface area (TPSA) is 70.8 Å². The second-order valence-electron chi connectivity index (χ2n) is 8.51. The second-order valence-corrected chi connectivity index (χ2v) is 13.3. The van der Waals surface area contributed by atoms with E-state index in [9.17, 15) is 4.79 Å². The first-order valence-electron chi connectivity index (χ1n) is 9.39. The standard InChI is InChI=1S/C20H35NO5Si/c1-11-23-19(22)16-14(4)17(25-21-16)18(24-12-13(2)3)15(5)26-27(9,10)20(6,7)8/h15,18H,2,11-12H2,1,3-10H3/t15-,18+/m0/s1. The summed E-state index contributed by atoms with van der Waals surface area (Å²) in [5.74, 6) is -0.00729. The highest BCUT2D eigenvalue weighted by Crippen LogP contribution is 2.39. The SMILES string of the molecule is C=C(C)CO[C@@H](c1onc(C(=O)OCC)c1C)[C@H](C)O[Si](C)(C)C(C)(C)C. The Morgan fingerprint density at radius 3 is 2.41 bits per heavy atom. The minimum Gasteiger partial charge on any atom is -0.461 e. The molecule has 0 aliphatic heterocycles. The van der Waals surface area contributed by atoms with E-state index < -0.39 is 20.4 Å². The van der Waals surface area contributed by atoms with Crippen molar-refractivity contribution in [2.45, 2.75) is 78.8 Å². The van der Waals surface area contributed by atoms with Gasteiger partial charge in [0.2, 0.25) is 0 Å². The van der Waals surface area contributed by atoms with Gasteiger partial charge in [0, 0.05) is 5.56 Å². The molecule has 0 saturated carbocycles. The number of aromatic nitrogens is 1. The summed E-state index contributed by atoms with van der Waals surface area (Å²) in [6.45, 7) is 22.9. The summed E-state index contributed by atoms with van der Waals surface area (Å²) in [5.41, 5.74) is 1.68. The summed E-state index contributed by atoms with van der Waals surface area (Å²) in [4.78, 5) is 12.1. The van der Waals surface area contributed by atoms with Crippen LogP contribution < -0.4 is 0 Å². The predicted molar refractivity (Wildman–Crippen MR) is 108 cm³/mol. The van der Waals surface area contributed by atoms with Gasteiger partial charge in [-0.15, -0.1) is 0 Å². The smallest absolute Gasteiger partial charge is 0.360 e. The van der Waals surface area contributed by atoms with Gasteiger partial charge in [0.25, 0.3) is 0 Å². The normalized spacial score (nSPS) is 14.7. The van der Waals surface area contributed by atoms with Gasteiger partial charge in [-0.2, -0.15) is 0 Å². The molecular formula is C20H35NO5Si. The molecule has 27 heavy (non-hydrogen) atoms. The van der Waals surface area contributed by atoms with E-state index in [-0.39, 0.29) is 23.4 Å². The third-order valence-electron chi connectivity index (χ3n) is 4.91. The first-order valence-corrected chi connectivity index (χ1v) is 12.3. The second kappa shape index (κ2) is 9.17. The van der Waals surface area contributed by atoms with Gasteiger partial charge in [-0.3, -0.25) is 0 Å². The third-order valence-corrected chi connectivity index (χ3v) is 9.48. The average Bonchev–Trinajstić information content (AvgIpc) is 2.87. The van der Waals surface area contributed by atoms with Gasteiger partial charge in [-0.25, -0.2) is 4.79 Å². The van der Waals surface area contributed by atoms with Crippen molar-refractivity contribution < 1.29 is 23.2 Å². The molecule has 7 heteroatoms. The fourth-order valence-electron chi connectivity index (χ4n) is 2.36. The maximum atomic E-state index is 12.1. The number of hydrogen-bond acceptors (Lipinski definition) is 6. The quantitative estimate of drug-likeness (QED) is 0.324. The molecule has 1 rings (SSSR count). The first-order chi connectivity index (χ1) is 12.3. The van der Waals surface area contributed by atoms with Crippen molar-refractivity contribution in [3.63, 3.8) is 0 Å². The van der Waals surface area contributed by atoms with Gasteiger partial charge in [-0.05, 0) is 45.8 Å². The molecule has 0 radical (unpaired) electrons. The number of carbonyl (C=O) groups excluding carboxylic acids is 1. The molecule has 0 aliphatic rings. The molecule has 0 spiro atoms. The maximum Gasteiger partial charge on any atom is 0.360 e. The fourth-order valence-corrected chi connectivity index (χ4v) is 3.77. The van der Waals surface area contributed by atoms with E-state index >= 15 is 0 Å². The summed E-state index contributed by atoms with van der Waals surface area (Å²) < 4.78 is 23.1. The van der Waals surface area contributed by atoms with Crippen LogP contribution in [0.25, 0.3) is 0 Å². The number of esters is 1. The molecule has 0 unspecified atom stereocenters. The van der Waals surface area contributed by atoms with E-state index in [1.807, 2.05) is 13.8 Å². The molecule has 0 N–H and O–H groups in total. The van der Waals surface area contributed by atoms with Crippen molar-refractivity contribution in [1.82, 2.24) is 5.16 Å². The lowest BCUT2D eigenvalue weighted by molar-refractivity contribution is -0.0308. The molecule has 6 nitrogen and oxygen atoms in total. The molecule has 0 bridgehead atoms. The van der Waals surface area contributed by atoms with Crippen molar-refractivity contribution in [2.24, 2.45) is 0 Å². The van der Waals surface area contributed by atoms with Crippen LogP contribution in [-0.2, 0) is 13.9 Å². The van der Waals surface area contributed by atoms with Gasteiger partial charge in [0.1, 0.15) is 6.10 Å². The van der Waals surface area contributed by atoms with Gasteiger partial charge >= 0.3 is 5.97 Å². The Bertz CT molecular complexity index is 660. The Morgan fingerprint density at radius 1 is 1.33 bits per heavy atom. The van der Waals surface area contributed by atoms with E-state index in [2.05, 4.69) is 45.6 Å². The summed E-state index contributed by atoms with van der Waals surface area (Å²) in [5, 5.41) is 3.98. The van der Waals surface area contributed by atoms with Crippen LogP contribution in [0.5, 0.6) is 0 Å². The Labute approximate surface area is 164 Å². The maximum absolute atomic E-state index is 12.1. The van der Waals surface area contributed by atoms with E-state index in [0.717, 1.165) is 5.57 Å². The molecule has 1 heterocycles. The zero-order chi connectivity index (χ0) is 21.0. The van der Waals surface area contributed by atoms with Crippen molar-refractivity contribution >= 4 is 14.3 Å². The van der Waals surface area contributed by atoms with Gasteiger partial charge in [0.05, 0.1) is 19.3 Å². The van der Waals surface area contributed by atoms with E-state index in [1.165, 1.54) is 0 Å². The minimum atomic E-state index is -2.02.